The summed E-state index contributed by atoms with van der Waals surface area (Å²) < 4.78 is 0. The predicted octanol–water partition coefficient (Wildman–Crippen LogP) is 2.05. The van der Waals surface area contributed by atoms with E-state index in [0.717, 1.165) is 22.9 Å². The number of hydrogen-bond acceptors (Lipinski definition) is 6. The smallest absolute Gasteiger partial charge is 0.227 e. The van der Waals surface area contributed by atoms with E-state index in [9.17, 15) is 9.59 Å². The van der Waals surface area contributed by atoms with Crippen molar-refractivity contribution in [2.75, 3.05) is 48.8 Å². The van der Waals surface area contributed by atoms with Crippen LogP contribution < -0.4 is 20.4 Å². The Morgan fingerprint density at radius 1 is 1.13 bits per heavy atom. The van der Waals surface area contributed by atoms with E-state index in [1.807, 2.05) is 64.0 Å². The second-order valence-electron chi connectivity index (χ2n) is 7.94. The Kier molecular flexibility index (Phi) is 6.54. The second-order valence-corrected chi connectivity index (χ2v) is 7.94. The fourth-order valence-corrected chi connectivity index (χ4v) is 3.42. The van der Waals surface area contributed by atoms with E-state index in [4.69, 9.17) is 0 Å². The van der Waals surface area contributed by atoms with Crippen LogP contribution in [0, 0.1) is 26.7 Å². The van der Waals surface area contributed by atoms with Gasteiger partial charge >= 0.3 is 0 Å². The Morgan fingerprint density at radius 3 is 2.60 bits per heavy atom. The minimum atomic E-state index is -0.333. The van der Waals surface area contributed by atoms with E-state index >= 15 is 0 Å². The molecule has 0 radical (unpaired) electrons. The maximum absolute atomic E-state index is 12.5. The van der Waals surface area contributed by atoms with Crippen molar-refractivity contribution in [2.24, 2.45) is 5.92 Å². The molecule has 3 rings (SSSR count). The third kappa shape index (κ3) is 5.06. The number of rotatable bonds is 7. The van der Waals surface area contributed by atoms with Crippen molar-refractivity contribution >= 4 is 29.1 Å². The lowest BCUT2D eigenvalue weighted by Gasteiger charge is -2.18. The lowest BCUT2D eigenvalue weighted by molar-refractivity contribution is -0.126. The van der Waals surface area contributed by atoms with Gasteiger partial charge in [0.25, 0.3) is 0 Å². The first kappa shape index (κ1) is 21.5. The van der Waals surface area contributed by atoms with Gasteiger partial charge in [0.15, 0.2) is 0 Å². The van der Waals surface area contributed by atoms with E-state index < -0.39 is 0 Å². The molecule has 1 unspecified atom stereocenters. The Hall–Kier alpha value is -3.16. The lowest BCUT2D eigenvalue weighted by atomic mass is 10.1. The second kappa shape index (κ2) is 9.11. The Bertz CT molecular complexity index is 943. The number of amides is 2. The molecule has 0 aliphatic carbocycles. The molecule has 0 spiro atoms. The summed E-state index contributed by atoms with van der Waals surface area (Å²) in [7, 11) is 3.85. The normalized spacial score (nSPS) is 16.0. The van der Waals surface area contributed by atoms with Gasteiger partial charge in [0.05, 0.1) is 5.92 Å². The summed E-state index contributed by atoms with van der Waals surface area (Å²) in [6.45, 7) is 7.32. The van der Waals surface area contributed by atoms with Crippen molar-refractivity contribution in [1.82, 2.24) is 15.3 Å². The van der Waals surface area contributed by atoms with Crippen LogP contribution in [0.15, 0.2) is 24.3 Å². The standard InChI is InChI=1S/C22H30N6O2/c1-14-6-7-18(10-15(14)2)28-13-17(11-21(28)29)22(30)24-9-8-23-19-12-20(27(4)5)26-16(3)25-19/h6-7,10,12,17H,8-9,11,13H2,1-5H3,(H,24,30)(H,23,25,26). The Morgan fingerprint density at radius 2 is 1.90 bits per heavy atom. The van der Waals surface area contributed by atoms with Crippen LogP contribution in [-0.2, 0) is 9.59 Å². The van der Waals surface area contributed by atoms with Crippen molar-refractivity contribution in [3.8, 4) is 0 Å². The molecule has 160 valence electrons. The van der Waals surface area contributed by atoms with Crippen LogP contribution in [-0.4, -0.2) is 55.5 Å². The van der Waals surface area contributed by atoms with Gasteiger partial charge < -0.3 is 20.4 Å². The maximum atomic E-state index is 12.5. The molecular weight excluding hydrogens is 380 g/mol. The fraction of sp³-hybridized carbons (Fsp3) is 0.455. The number of carbonyl (C=O) groups is 2. The molecule has 2 amide bonds. The largest absolute Gasteiger partial charge is 0.368 e. The molecule has 1 aliphatic heterocycles. The highest BCUT2D eigenvalue weighted by Crippen LogP contribution is 2.26. The average molecular weight is 411 g/mol. The van der Waals surface area contributed by atoms with Crippen LogP contribution in [0.4, 0.5) is 17.3 Å². The number of nitrogens with zero attached hydrogens (tertiary/aromatic N) is 4. The van der Waals surface area contributed by atoms with Crippen molar-refractivity contribution in [3.63, 3.8) is 0 Å². The number of carbonyl (C=O) groups excluding carboxylic acids is 2. The first-order chi connectivity index (χ1) is 14.2. The van der Waals surface area contributed by atoms with Crippen molar-refractivity contribution < 1.29 is 9.59 Å². The molecule has 1 aliphatic rings. The number of aryl methyl sites for hydroxylation is 3. The maximum Gasteiger partial charge on any atom is 0.227 e. The monoisotopic (exact) mass is 410 g/mol. The van der Waals surface area contributed by atoms with Crippen molar-refractivity contribution in [3.05, 3.63) is 41.2 Å². The first-order valence-electron chi connectivity index (χ1n) is 10.2. The number of benzene rings is 1. The Balaban J connectivity index is 1.50. The van der Waals surface area contributed by atoms with E-state index in [2.05, 4.69) is 20.6 Å². The molecule has 8 heteroatoms. The van der Waals surface area contributed by atoms with Crippen molar-refractivity contribution in [1.29, 1.82) is 0 Å². The van der Waals surface area contributed by atoms with Crippen molar-refractivity contribution in [2.45, 2.75) is 27.2 Å². The van der Waals surface area contributed by atoms with Gasteiger partial charge in [-0.05, 0) is 44.0 Å². The summed E-state index contributed by atoms with van der Waals surface area (Å²) in [4.78, 5) is 37.3. The van der Waals surface area contributed by atoms with Crippen LogP contribution in [0.5, 0.6) is 0 Å². The van der Waals surface area contributed by atoms with E-state index in [1.54, 1.807) is 4.90 Å². The zero-order chi connectivity index (χ0) is 21.8. The van der Waals surface area contributed by atoms with Crippen LogP contribution in [0.1, 0.15) is 23.4 Å². The van der Waals surface area contributed by atoms with E-state index in [-0.39, 0.29) is 24.2 Å². The number of anilines is 3. The van der Waals surface area contributed by atoms with Crippen LogP contribution >= 0.6 is 0 Å². The van der Waals surface area contributed by atoms with E-state index in [0.29, 0.717) is 25.5 Å². The molecule has 2 aromatic rings. The molecule has 1 aromatic heterocycles. The highest BCUT2D eigenvalue weighted by atomic mass is 16.2. The van der Waals surface area contributed by atoms with E-state index in [1.165, 1.54) is 5.56 Å². The van der Waals surface area contributed by atoms with Gasteiger partial charge in [0.2, 0.25) is 11.8 Å². The zero-order valence-corrected chi connectivity index (χ0v) is 18.3. The lowest BCUT2D eigenvalue weighted by Crippen LogP contribution is -2.35. The number of nitrogens with one attached hydrogen (secondary N) is 2. The number of aromatic nitrogens is 2. The van der Waals surface area contributed by atoms with Gasteiger partial charge in [-0.2, -0.15) is 0 Å². The molecule has 1 aromatic carbocycles. The van der Waals surface area contributed by atoms with Gasteiger partial charge in [-0.3, -0.25) is 9.59 Å². The summed E-state index contributed by atoms with van der Waals surface area (Å²) in [5.74, 6) is 1.79. The molecule has 1 saturated heterocycles. The average Bonchev–Trinajstić information content (AvgIpc) is 3.08. The van der Waals surface area contributed by atoms with Gasteiger partial charge in [0.1, 0.15) is 17.5 Å². The highest BCUT2D eigenvalue weighted by molar-refractivity contribution is 6.00. The topological polar surface area (TPSA) is 90.5 Å². The minimum absolute atomic E-state index is 0.01000. The minimum Gasteiger partial charge on any atom is -0.368 e. The summed E-state index contributed by atoms with van der Waals surface area (Å²) >= 11 is 0. The van der Waals surface area contributed by atoms with Gasteiger partial charge in [-0.25, -0.2) is 9.97 Å². The van der Waals surface area contributed by atoms with Crippen LogP contribution in [0.2, 0.25) is 0 Å². The molecule has 30 heavy (non-hydrogen) atoms. The number of hydrogen-bond donors (Lipinski definition) is 2. The predicted molar refractivity (Wildman–Crippen MR) is 119 cm³/mol. The third-order valence-corrected chi connectivity index (χ3v) is 5.31. The van der Waals surface area contributed by atoms with Gasteiger partial charge in [-0.15, -0.1) is 0 Å². The molecule has 0 bridgehead atoms. The molecule has 2 heterocycles. The van der Waals surface area contributed by atoms with Crippen LogP contribution in [0.3, 0.4) is 0 Å². The summed E-state index contributed by atoms with van der Waals surface area (Å²) in [5.41, 5.74) is 3.18. The first-order valence-corrected chi connectivity index (χ1v) is 10.2. The zero-order valence-electron chi connectivity index (χ0n) is 18.3. The molecule has 8 nitrogen and oxygen atoms in total. The highest BCUT2D eigenvalue weighted by Gasteiger charge is 2.35. The molecule has 2 N–H and O–H groups in total. The summed E-state index contributed by atoms with van der Waals surface area (Å²) in [5, 5.41) is 6.14. The molecule has 1 fully saturated rings. The quantitative estimate of drug-likeness (QED) is 0.679. The molecule has 1 atom stereocenters. The van der Waals surface area contributed by atoms with Crippen LogP contribution in [0.25, 0.3) is 0 Å². The van der Waals surface area contributed by atoms with Gasteiger partial charge in [-0.1, -0.05) is 6.07 Å². The molecule has 0 saturated carbocycles. The summed E-state index contributed by atoms with van der Waals surface area (Å²) in [6, 6.07) is 7.82. The molecular formula is C22H30N6O2. The SMILES string of the molecule is Cc1nc(NCCNC(=O)C2CC(=O)N(c3ccc(C)c(C)c3)C2)cc(N(C)C)n1. The third-order valence-electron chi connectivity index (χ3n) is 5.31. The summed E-state index contributed by atoms with van der Waals surface area (Å²) in [6.07, 6.45) is 0.240. The van der Waals surface area contributed by atoms with Gasteiger partial charge in [0, 0.05) is 51.9 Å². The fourth-order valence-electron chi connectivity index (χ4n) is 3.42. The Labute approximate surface area is 177 Å².